The van der Waals surface area contributed by atoms with Crippen molar-refractivity contribution in [2.45, 2.75) is 40.3 Å². The summed E-state index contributed by atoms with van der Waals surface area (Å²) in [6.07, 6.45) is 0. The van der Waals surface area contributed by atoms with Gasteiger partial charge in [0.05, 0.1) is 0 Å². The molecule has 0 unspecified atom stereocenters. The van der Waals surface area contributed by atoms with Crippen LogP contribution in [0.4, 0.5) is 4.39 Å². The molecule has 0 aromatic heterocycles. The van der Waals surface area contributed by atoms with E-state index >= 15 is 0 Å². The quantitative estimate of drug-likeness (QED) is 0.886. The Balaban J connectivity index is 2.46. The van der Waals surface area contributed by atoms with Crippen molar-refractivity contribution in [1.29, 1.82) is 0 Å². The van der Waals surface area contributed by atoms with Crippen molar-refractivity contribution in [1.82, 2.24) is 10.6 Å². The fraction of sp³-hybridized carbons (Fsp3) is 0.467. The number of rotatable bonds is 4. The largest absolute Gasteiger partial charge is 0.350 e. The highest BCUT2D eigenvalue weighted by Crippen LogP contribution is 2.12. The summed E-state index contributed by atoms with van der Waals surface area (Å²) < 4.78 is 12.7. The van der Waals surface area contributed by atoms with E-state index in [-0.39, 0.29) is 17.6 Å². The molecule has 0 fully saturated rings. The van der Waals surface area contributed by atoms with Crippen LogP contribution in [0.25, 0.3) is 0 Å². The minimum absolute atomic E-state index is 0.179. The molecule has 0 aliphatic carbocycles. The number of halogens is 1. The normalized spacial score (nSPS) is 12.7. The molecular weight excluding hydrogens is 259 g/mol. The molecule has 0 radical (unpaired) electrons. The Morgan fingerprint density at radius 1 is 1.20 bits per heavy atom. The molecule has 4 nitrogen and oxygen atoms in total. The summed E-state index contributed by atoms with van der Waals surface area (Å²) >= 11 is 0. The average Bonchev–Trinajstić information content (AvgIpc) is 2.36. The van der Waals surface area contributed by atoms with E-state index in [4.69, 9.17) is 0 Å². The van der Waals surface area contributed by atoms with Gasteiger partial charge in [0.1, 0.15) is 11.9 Å². The third-order valence-corrected chi connectivity index (χ3v) is 2.80. The smallest absolute Gasteiger partial charge is 0.242 e. The van der Waals surface area contributed by atoms with Gasteiger partial charge in [0.2, 0.25) is 11.8 Å². The van der Waals surface area contributed by atoms with Gasteiger partial charge in [-0.15, -0.1) is 0 Å². The Labute approximate surface area is 118 Å². The number of nitrogens with one attached hydrogen (secondary N) is 2. The van der Waals surface area contributed by atoms with Gasteiger partial charge in [-0.1, -0.05) is 32.9 Å². The monoisotopic (exact) mass is 280 g/mol. The second-order valence-electron chi connectivity index (χ2n) is 5.79. The number of benzene rings is 1. The Morgan fingerprint density at radius 3 is 2.25 bits per heavy atom. The van der Waals surface area contributed by atoms with E-state index < -0.39 is 11.5 Å². The highest BCUT2D eigenvalue weighted by molar-refractivity contribution is 5.89. The first-order chi connectivity index (χ1) is 9.20. The van der Waals surface area contributed by atoms with Gasteiger partial charge in [-0.05, 0) is 24.6 Å². The lowest BCUT2D eigenvalue weighted by molar-refractivity contribution is -0.133. The lowest BCUT2D eigenvalue weighted by atomic mass is 9.95. The molecular formula is C15H21FN2O2. The zero-order valence-electron chi connectivity index (χ0n) is 12.3. The second-order valence-corrected chi connectivity index (χ2v) is 5.79. The second kappa shape index (κ2) is 6.50. The van der Waals surface area contributed by atoms with Crippen LogP contribution in [-0.4, -0.2) is 17.9 Å². The fourth-order valence-corrected chi connectivity index (χ4v) is 1.42. The SMILES string of the molecule is C[C@@H](NC(=O)C(C)(C)C)C(=O)NCc1ccc(F)cc1. The van der Waals surface area contributed by atoms with Crippen LogP contribution in [0.15, 0.2) is 24.3 Å². The summed E-state index contributed by atoms with van der Waals surface area (Å²) in [6, 6.07) is 5.28. The van der Waals surface area contributed by atoms with Crippen molar-refractivity contribution < 1.29 is 14.0 Å². The summed E-state index contributed by atoms with van der Waals surface area (Å²) in [4.78, 5) is 23.6. The Kier molecular flexibility index (Phi) is 5.25. The number of hydrogen-bond acceptors (Lipinski definition) is 2. The van der Waals surface area contributed by atoms with E-state index in [1.807, 2.05) is 0 Å². The molecule has 1 aromatic carbocycles. The summed E-state index contributed by atoms with van der Waals surface area (Å²) in [5.74, 6) is -0.764. The first kappa shape index (κ1) is 16.1. The molecule has 5 heteroatoms. The number of amides is 2. The predicted molar refractivity (Wildman–Crippen MR) is 75.3 cm³/mol. The van der Waals surface area contributed by atoms with Crippen LogP contribution < -0.4 is 10.6 Å². The molecule has 0 spiro atoms. The van der Waals surface area contributed by atoms with Crippen molar-refractivity contribution >= 4 is 11.8 Å². The standard InChI is InChI=1S/C15H21FN2O2/c1-10(18-14(20)15(2,3)4)13(19)17-9-11-5-7-12(16)8-6-11/h5-8,10H,9H2,1-4H3,(H,17,19)(H,18,20)/t10-/m1/s1. The molecule has 1 aromatic rings. The van der Waals surface area contributed by atoms with Gasteiger partial charge < -0.3 is 10.6 Å². The van der Waals surface area contributed by atoms with E-state index in [0.717, 1.165) is 5.56 Å². The number of carbonyl (C=O) groups is 2. The summed E-state index contributed by atoms with van der Waals surface area (Å²) in [5, 5.41) is 5.35. The van der Waals surface area contributed by atoms with Crippen molar-refractivity contribution in [3.05, 3.63) is 35.6 Å². The van der Waals surface area contributed by atoms with Gasteiger partial charge in [0.15, 0.2) is 0 Å². The zero-order chi connectivity index (χ0) is 15.3. The molecule has 0 aliphatic rings. The number of hydrogen-bond donors (Lipinski definition) is 2. The van der Waals surface area contributed by atoms with E-state index in [1.165, 1.54) is 12.1 Å². The first-order valence-corrected chi connectivity index (χ1v) is 6.53. The van der Waals surface area contributed by atoms with E-state index in [1.54, 1.807) is 39.8 Å². The van der Waals surface area contributed by atoms with Gasteiger partial charge in [0.25, 0.3) is 0 Å². The third-order valence-electron chi connectivity index (χ3n) is 2.80. The molecule has 0 bridgehead atoms. The van der Waals surface area contributed by atoms with Gasteiger partial charge in [-0.2, -0.15) is 0 Å². The molecule has 0 saturated heterocycles. The Bertz CT molecular complexity index is 478. The van der Waals surface area contributed by atoms with Gasteiger partial charge in [0, 0.05) is 12.0 Å². The molecule has 20 heavy (non-hydrogen) atoms. The average molecular weight is 280 g/mol. The molecule has 1 rings (SSSR count). The van der Waals surface area contributed by atoms with Gasteiger partial charge >= 0.3 is 0 Å². The Morgan fingerprint density at radius 2 is 1.75 bits per heavy atom. The third kappa shape index (κ3) is 4.99. The highest BCUT2D eigenvalue weighted by Gasteiger charge is 2.24. The Hall–Kier alpha value is -1.91. The summed E-state index contributed by atoms with van der Waals surface area (Å²) in [7, 11) is 0. The van der Waals surface area contributed by atoms with E-state index in [9.17, 15) is 14.0 Å². The maximum Gasteiger partial charge on any atom is 0.242 e. The lowest BCUT2D eigenvalue weighted by Gasteiger charge is -2.21. The van der Waals surface area contributed by atoms with E-state index in [0.29, 0.717) is 6.54 Å². The maximum atomic E-state index is 12.7. The van der Waals surface area contributed by atoms with Crippen LogP contribution in [0.5, 0.6) is 0 Å². The van der Waals surface area contributed by atoms with Gasteiger partial charge in [-0.25, -0.2) is 4.39 Å². The molecule has 0 saturated carbocycles. The maximum absolute atomic E-state index is 12.7. The minimum Gasteiger partial charge on any atom is -0.350 e. The highest BCUT2D eigenvalue weighted by atomic mass is 19.1. The van der Waals surface area contributed by atoms with Gasteiger partial charge in [-0.3, -0.25) is 9.59 Å². The van der Waals surface area contributed by atoms with Crippen molar-refractivity contribution in [3.8, 4) is 0 Å². The fourth-order valence-electron chi connectivity index (χ4n) is 1.42. The molecule has 2 N–H and O–H groups in total. The summed E-state index contributed by atoms with van der Waals surface area (Å²) in [5.41, 5.74) is 0.264. The molecule has 2 amide bonds. The number of carbonyl (C=O) groups excluding carboxylic acids is 2. The van der Waals surface area contributed by atoms with Crippen LogP contribution in [-0.2, 0) is 16.1 Å². The zero-order valence-corrected chi connectivity index (χ0v) is 12.3. The minimum atomic E-state index is -0.609. The topological polar surface area (TPSA) is 58.2 Å². The van der Waals surface area contributed by atoms with Crippen LogP contribution in [0, 0.1) is 11.2 Å². The predicted octanol–water partition coefficient (Wildman–Crippen LogP) is 1.99. The van der Waals surface area contributed by atoms with Crippen molar-refractivity contribution in [2.75, 3.05) is 0 Å². The van der Waals surface area contributed by atoms with Crippen LogP contribution in [0.2, 0.25) is 0 Å². The molecule has 1 atom stereocenters. The molecule has 110 valence electrons. The van der Waals surface area contributed by atoms with Crippen LogP contribution in [0.1, 0.15) is 33.3 Å². The van der Waals surface area contributed by atoms with Crippen LogP contribution in [0.3, 0.4) is 0 Å². The van der Waals surface area contributed by atoms with Crippen molar-refractivity contribution in [3.63, 3.8) is 0 Å². The van der Waals surface area contributed by atoms with E-state index in [2.05, 4.69) is 10.6 Å². The molecule has 0 aliphatic heterocycles. The van der Waals surface area contributed by atoms with Crippen LogP contribution >= 0.6 is 0 Å². The first-order valence-electron chi connectivity index (χ1n) is 6.53. The summed E-state index contributed by atoms with van der Waals surface area (Å²) in [6.45, 7) is 7.28. The lowest BCUT2D eigenvalue weighted by Crippen LogP contribution is -2.48. The molecule has 0 heterocycles. The van der Waals surface area contributed by atoms with Crippen molar-refractivity contribution in [2.24, 2.45) is 5.41 Å².